The van der Waals surface area contributed by atoms with Crippen molar-refractivity contribution in [2.75, 3.05) is 19.7 Å². The van der Waals surface area contributed by atoms with E-state index in [0.29, 0.717) is 30.5 Å². The summed E-state index contributed by atoms with van der Waals surface area (Å²) in [6, 6.07) is 4.65. The molecule has 0 saturated carbocycles. The monoisotopic (exact) mass is 333 g/mol. The Bertz CT molecular complexity index is 595. The van der Waals surface area contributed by atoms with E-state index in [9.17, 15) is 8.42 Å². The minimum atomic E-state index is -3.66. The van der Waals surface area contributed by atoms with Crippen molar-refractivity contribution in [3.63, 3.8) is 0 Å². The van der Waals surface area contributed by atoms with Crippen LogP contribution in [0.2, 0.25) is 5.02 Å². The molecule has 1 saturated heterocycles. The van der Waals surface area contributed by atoms with E-state index >= 15 is 0 Å². The standard InChI is InChI=1S/C14H20ClNO4S/c1-4-19-13-6-5-12(15)7-14(13)21(17,18)16-8-10(2)20-11(3)9-16/h5-7,10-11H,4,8-9H2,1-3H3/t10-,11-/m0/s1. The van der Waals surface area contributed by atoms with Gasteiger partial charge in [0.15, 0.2) is 0 Å². The van der Waals surface area contributed by atoms with Crippen LogP contribution in [-0.2, 0) is 14.8 Å². The van der Waals surface area contributed by atoms with Crippen molar-refractivity contribution in [3.8, 4) is 5.75 Å². The van der Waals surface area contributed by atoms with E-state index in [1.165, 1.54) is 10.4 Å². The molecule has 0 aromatic heterocycles. The highest BCUT2D eigenvalue weighted by Crippen LogP contribution is 2.31. The average Bonchev–Trinajstić information content (AvgIpc) is 2.40. The Morgan fingerprint density at radius 3 is 2.52 bits per heavy atom. The van der Waals surface area contributed by atoms with Gasteiger partial charge in [-0.2, -0.15) is 4.31 Å². The van der Waals surface area contributed by atoms with E-state index in [1.807, 2.05) is 20.8 Å². The summed E-state index contributed by atoms with van der Waals surface area (Å²) in [6.07, 6.45) is -0.281. The first-order valence-electron chi connectivity index (χ1n) is 6.92. The maximum Gasteiger partial charge on any atom is 0.246 e. The van der Waals surface area contributed by atoms with E-state index < -0.39 is 10.0 Å². The molecule has 1 aliphatic rings. The van der Waals surface area contributed by atoms with E-state index in [-0.39, 0.29) is 17.1 Å². The zero-order valence-corrected chi connectivity index (χ0v) is 13.9. The van der Waals surface area contributed by atoms with Crippen LogP contribution < -0.4 is 4.74 Å². The molecule has 1 fully saturated rings. The fourth-order valence-corrected chi connectivity index (χ4v) is 4.41. The normalized spacial score (nSPS) is 24.0. The van der Waals surface area contributed by atoms with Gasteiger partial charge in [-0.1, -0.05) is 11.6 Å². The second-order valence-electron chi connectivity index (χ2n) is 5.10. The Hall–Kier alpha value is -0.820. The summed E-state index contributed by atoms with van der Waals surface area (Å²) in [6.45, 7) is 6.57. The lowest BCUT2D eigenvalue weighted by Crippen LogP contribution is -2.48. The van der Waals surface area contributed by atoms with Crippen molar-refractivity contribution >= 4 is 21.6 Å². The minimum absolute atomic E-state index is 0.109. The fourth-order valence-electron chi connectivity index (χ4n) is 2.42. The highest BCUT2D eigenvalue weighted by molar-refractivity contribution is 7.89. The van der Waals surface area contributed by atoms with Crippen molar-refractivity contribution < 1.29 is 17.9 Å². The summed E-state index contributed by atoms with van der Waals surface area (Å²) >= 11 is 5.96. The van der Waals surface area contributed by atoms with Crippen LogP contribution in [0.4, 0.5) is 0 Å². The lowest BCUT2D eigenvalue weighted by Gasteiger charge is -2.34. The third kappa shape index (κ3) is 3.69. The SMILES string of the molecule is CCOc1ccc(Cl)cc1S(=O)(=O)N1C[C@H](C)O[C@@H](C)C1. The zero-order chi connectivity index (χ0) is 15.6. The maximum absolute atomic E-state index is 12.9. The summed E-state index contributed by atoms with van der Waals surface area (Å²) < 4.78 is 38.2. The van der Waals surface area contributed by atoms with Gasteiger partial charge in [0.05, 0.1) is 18.8 Å². The fraction of sp³-hybridized carbons (Fsp3) is 0.571. The summed E-state index contributed by atoms with van der Waals surface area (Å²) in [4.78, 5) is 0.109. The number of nitrogens with zero attached hydrogens (tertiary/aromatic N) is 1. The van der Waals surface area contributed by atoms with E-state index in [2.05, 4.69) is 0 Å². The number of halogens is 1. The van der Waals surface area contributed by atoms with Crippen molar-refractivity contribution in [3.05, 3.63) is 23.2 Å². The Labute approximate surface area is 130 Å². The number of benzene rings is 1. The van der Waals surface area contributed by atoms with Gasteiger partial charge in [0.2, 0.25) is 10.0 Å². The number of hydrogen-bond acceptors (Lipinski definition) is 4. The van der Waals surface area contributed by atoms with Gasteiger partial charge in [0, 0.05) is 18.1 Å². The molecular weight excluding hydrogens is 314 g/mol. The smallest absolute Gasteiger partial charge is 0.246 e. The largest absolute Gasteiger partial charge is 0.492 e. The van der Waals surface area contributed by atoms with Crippen molar-refractivity contribution in [2.45, 2.75) is 37.9 Å². The van der Waals surface area contributed by atoms with Gasteiger partial charge in [0.1, 0.15) is 10.6 Å². The van der Waals surface area contributed by atoms with Gasteiger partial charge in [-0.25, -0.2) is 8.42 Å². The molecule has 21 heavy (non-hydrogen) atoms. The Morgan fingerprint density at radius 2 is 1.95 bits per heavy atom. The third-order valence-electron chi connectivity index (χ3n) is 3.21. The second kappa shape index (κ2) is 6.52. The van der Waals surface area contributed by atoms with Gasteiger partial charge in [-0.15, -0.1) is 0 Å². The van der Waals surface area contributed by atoms with Crippen molar-refractivity contribution in [1.82, 2.24) is 4.31 Å². The molecule has 0 radical (unpaired) electrons. The van der Waals surface area contributed by atoms with Gasteiger partial charge in [-0.3, -0.25) is 0 Å². The van der Waals surface area contributed by atoms with Crippen LogP contribution in [0.25, 0.3) is 0 Å². The van der Waals surface area contributed by atoms with Crippen LogP contribution in [0.1, 0.15) is 20.8 Å². The highest BCUT2D eigenvalue weighted by atomic mass is 35.5. The molecule has 0 N–H and O–H groups in total. The molecule has 0 aliphatic carbocycles. The molecule has 2 rings (SSSR count). The molecule has 118 valence electrons. The molecule has 1 aliphatic heterocycles. The van der Waals surface area contributed by atoms with Crippen LogP contribution in [-0.4, -0.2) is 44.6 Å². The molecular formula is C14H20ClNO4S. The molecule has 0 bridgehead atoms. The van der Waals surface area contributed by atoms with Crippen LogP contribution in [0.5, 0.6) is 5.75 Å². The van der Waals surface area contributed by atoms with Crippen LogP contribution in [0, 0.1) is 0 Å². The molecule has 5 nitrogen and oxygen atoms in total. The molecule has 0 amide bonds. The Balaban J connectivity index is 2.41. The number of rotatable bonds is 4. The quantitative estimate of drug-likeness (QED) is 0.849. The summed E-state index contributed by atoms with van der Waals surface area (Å²) in [5, 5.41) is 0.367. The Morgan fingerprint density at radius 1 is 1.33 bits per heavy atom. The van der Waals surface area contributed by atoms with Gasteiger partial charge in [0.25, 0.3) is 0 Å². The van der Waals surface area contributed by atoms with E-state index in [4.69, 9.17) is 21.1 Å². The highest BCUT2D eigenvalue weighted by Gasteiger charge is 2.34. The topological polar surface area (TPSA) is 55.8 Å². The molecule has 1 heterocycles. The lowest BCUT2D eigenvalue weighted by molar-refractivity contribution is -0.0441. The number of sulfonamides is 1. The first-order valence-corrected chi connectivity index (χ1v) is 8.74. The molecule has 0 unspecified atom stereocenters. The van der Waals surface area contributed by atoms with Crippen molar-refractivity contribution in [1.29, 1.82) is 0 Å². The maximum atomic E-state index is 12.9. The van der Waals surface area contributed by atoms with E-state index in [1.54, 1.807) is 12.1 Å². The van der Waals surface area contributed by atoms with Gasteiger partial charge in [-0.05, 0) is 39.0 Å². The van der Waals surface area contributed by atoms with Gasteiger partial charge < -0.3 is 9.47 Å². The number of morpholine rings is 1. The first-order chi connectivity index (χ1) is 9.84. The number of hydrogen-bond donors (Lipinski definition) is 0. The predicted octanol–water partition coefficient (Wildman–Crippen LogP) is 2.54. The van der Waals surface area contributed by atoms with Crippen LogP contribution in [0.15, 0.2) is 23.1 Å². The summed E-state index contributed by atoms with van der Waals surface area (Å²) in [5.41, 5.74) is 0. The Kier molecular flexibility index (Phi) is 5.14. The molecule has 1 aromatic carbocycles. The third-order valence-corrected chi connectivity index (χ3v) is 5.30. The van der Waals surface area contributed by atoms with Gasteiger partial charge >= 0.3 is 0 Å². The summed E-state index contributed by atoms with van der Waals surface area (Å²) in [7, 11) is -3.66. The van der Waals surface area contributed by atoms with E-state index in [0.717, 1.165) is 0 Å². The average molecular weight is 334 g/mol. The molecule has 1 aromatic rings. The van der Waals surface area contributed by atoms with Crippen LogP contribution >= 0.6 is 11.6 Å². The summed E-state index contributed by atoms with van der Waals surface area (Å²) in [5.74, 6) is 0.327. The predicted molar refractivity (Wildman–Crippen MR) is 81.4 cm³/mol. The van der Waals surface area contributed by atoms with Crippen molar-refractivity contribution in [2.24, 2.45) is 0 Å². The van der Waals surface area contributed by atoms with Crippen LogP contribution in [0.3, 0.4) is 0 Å². The number of ether oxygens (including phenoxy) is 2. The minimum Gasteiger partial charge on any atom is -0.492 e. The zero-order valence-electron chi connectivity index (χ0n) is 12.4. The second-order valence-corrected chi connectivity index (χ2v) is 7.45. The molecule has 2 atom stereocenters. The molecule has 0 spiro atoms. The lowest BCUT2D eigenvalue weighted by atomic mass is 10.3. The first kappa shape index (κ1) is 16.5. The molecule has 7 heteroatoms.